The van der Waals surface area contributed by atoms with E-state index in [0.29, 0.717) is 29.4 Å². The fourth-order valence-electron chi connectivity index (χ4n) is 4.72. The molecule has 0 radical (unpaired) electrons. The van der Waals surface area contributed by atoms with E-state index in [9.17, 15) is 19.1 Å². The first-order valence-corrected chi connectivity index (χ1v) is 13.3. The molecule has 0 saturated heterocycles. The number of aliphatic hydroxyl groups excluding tert-OH is 1. The third-order valence-corrected chi connectivity index (χ3v) is 6.65. The smallest absolute Gasteiger partial charge is 0.337 e. The van der Waals surface area contributed by atoms with Crippen molar-refractivity contribution < 1.29 is 33.3 Å². The first-order valence-electron chi connectivity index (χ1n) is 13.3. The van der Waals surface area contributed by atoms with Gasteiger partial charge in [0.2, 0.25) is 0 Å². The fourth-order valence-corrected chi connectivity index (χ4v) is 4.72. The number of halogens is 1. The van der Waals surface area contributed by atoms with Gasteiger partial charge in [-0.05, 0) is 75.7 Å². The van der Waals surface area contributed by atoms with Crippen LogP contribution in [0.25, 0.3) is 5.69 Å². The summed E-state index contributed by atoms with van der Waals surface area (Å²) in [7, 11) is 1.27. The molecule has 1 aliphatic rings. The van der Waals surface area contributed by atoms with E-state index >= 15 is 0 Å². The normalized spacial score (nSPS) is 15.7. The fraction of sp³-hybridized carbons (Fsp3) is 0.300. The highest BCUT2D eigenvalue weighted by Crippen LogP contribution is 2.35. The summed E-state index contributed by atoms with van der Waals surface area (Å²) >= 11 is 0. The topological polar surface area (TPSA) is 135 Å². The van der Waals surface area contributed by atoms with Gasteiger partial charge in [-0.2, -0.15) is 5.10 Å². The van der Waals surface area contributed by atoms with E-state index in [0.717, 1.165) is 22.6 Å². The Morgan fingerprint density at radius 3 is 2.57 bits per heavy atom. The van der Waals surface area contributed by atoms with Gasteiger partial charge in [-0.3, -0.25) is 5.43 Å². The van der Waals surface area contributed by atoms with Crippen molar-refractivity contribution in [2.45, 2.75) is 40.0 Å². The molecule has 4 rings (SSSR count). The molecule has 2 heterocycles. The van der Waals surface area contributed by atoms with Gasteiger partial charge in [0.15, 0.2) is 17.7 Å². The van der Waals surface area contributed by atoms with Crippen LogP contribution in [-0.2, 0) is 9.53 Å². The van der Waals surface area contributed by atoms with Crippen molar-refractivity contribution in [1.82, 2.24) is 20.6 Å². The number of allylic oxidation sites excluding steroid dienone is 1. The zero-order valence-corrected chi connectivity index (χ0v) is 24.0. The van der Waals surface area contributed by atoms with Crippen molar-refractivity contribution in [3.63, 3.8) is 0 Å². The number of hydrogen-bond donors (Lipinski definition) is 4. The van der Waals surface area contributed by atoms with Gasteiger partial charge in [0.05, 0.1) is 31.5 Å². The number of nitrogens with zero attached hydrogens (tertiary/aromatic N) is 2. The van der Waals surface area contributed by atoms with Crippen molar-refractivity contribution in [2.24, 2.45) is 5.10 Å². The second-order valence-electron chi connectivity index (χ2n) is 9.55. The molecule has 2 atom stereocenters. The summed E-state index contributed by atoms with van der Waals surface area (Å²) in [4.78, 5) is 24.6. The van der Waals surface area contributed by atoms with Gasteiger partial charge in [-0.1, -0.05) is 6.07 Å². The molecule has 1 aromatic heterocycles. The Kier molecular flexibility index (Phi) is 9.48. The van der Waals surface area contributed by atoms with Crippen molar-refractivity contribution >= 4 is 18.2 Å². The maximum Gasteiger partial charge on any atom is 0.337 e. The second-order valence-corrected chi connectivity index (χ2v) is 9.55. The van der Waals surface area contributed by atoms with E-state index in [1.807, 2.05) is 31.4 Å². The third kappa shape index (κ3) is 6.72. The largest absolute Gasteiger partial charge is 0.490 e. The number of aryl methyl sites for hydroxylation is 1. The van der Waals surface area contributed by atoms with Gasteiger partial charge in [0.25, 0.3) is 0 Å². The molecule has 11 nitrogen and oxygen atoms in total. The van der Waals surface area contributed by atoms with Gasteiger partial charge in [-0.25, -0.2) is 14.0 Å². The zero-order valence-electron chi connectivity index (χ0n) is 24.0. The van der Waals surface area contributed by atoms with E-state index in [-0.39, 0.29) is 18.0 Å². The lowest BCUT2D eigenvalue weighted by molar-refractivity contribution is -0.136. The molecule has 0 aliphatic carbocycles. The summed E-state index contributed by atoms with van der Waals surface area (Å²) in [5.41, 5.74) is 7.40. The van der Waals surface area contributed by atoms with Crippen molar-refractivity contribution in [3.8, 4) is 17.2 Å². The molecule has 4 N–H and O–H groups in total. The molecule has 0 saturated carbocycles. The second kappa shape index (κ2) is 13.2. The van der Waals surface area contributed by atoms with Crippen molar-refractivity contribution in [3.05, 3.63) is 88.1 Å². The highest BCUT2D eigenvalue weighted by atomic mass is 19.1. The molecular formula is C30H34FN5O6. The van der Waals surface area contributed by atoms with Gasteiger partial charge < -0.3 is 34.5 Å². The Balaban J connectivity index is 1.43. The lowest BCUT2D eigenvalue weighted by atomic mass is 9.95. The molecule has 2 aromatic carbocycles. The zero-order chi connectivity index (χ0) is 30.4. The standard InChI is InChI=1S/C30H34FN5O6/c1-6-41-25-14-20(28-27(29(38)40-5)18(3)33-30(39)34-28)7-12-24(25)42-16-26(37)35-32-15-21-13-17(2)36(19(21)4)23-10-8-22(31)9-11-23/h7-15,26,28,35,37H,6,16H2,1-5H3,(H2,33,34,39)/b32-15+/t26-,28+/m1/s1. The predicted octanol–water partition coefficient (Wildman–Crippen LogP) is 3.75. The molecule has 42 heavy (non-hydrogen) atoms. The van der Waals surface area contributed by atoms with Crippen LogP contribution in [0.5, 0.6) is 11.5 Å². The SMILES string of the molecule is CCOc1cc([C@@H]2NC(=O)NC(C)=C2C(=O)OC)ccc1OC[C@@H](O)N/N=C/c1cc(C)n(-c2ccc(F)cc2)c1C. The minimum Gasteiger partial charge on any atom is -0.490 e. The minimum atomic E-state index is -1.14. The van der Waals surface area contributed by atoms with Crippen LogP contribution in [0.3, 0.4) is 0 Å². The Labute approximate surface area is 243 Å². The van der Waals surface area contributed by atoms with Gasteiger partial charge in [0, 0.05) is 28.3 Å². The number of nitrogens with one attached hydrogen (secondary N) is 3. The average molecular weight is 580 g/mol. The van der Waals surface area contributed by atoms with Gasteiger partial charge >= 0.3 is 12.0 Å². The van der Waals surface area contributed by atoms with E-state index in [1.165, 1.54) is 19.2 Å². The first kappa shape index (κ1) is 30.1. The number of ether oxygens (including phenoxy) is 3. The maximum absolute atomic E-state index is 13.3. The Bertz CT molecular complexity index is 1520. The molecule has 0 bridgehead atoms. The summed E-state index contributed by atoms with van der Waals surface area (Å²) in [6, 6.07) is 12.0. The number of hydrogen-bond acceptors (Lipinski definition) is 8. The Hall–Kier alpha value is -4.84. The van der Waals surface area contributed by atoms with E-state index in [4.69, 9.17) is 14.2 Å². The number of esters is 1. The number of carbonyl (C=O) groups excluding carboxylic acids is 2. The van der Waals surface area contributed by atoms with Crippen LogP contribution >= 0.6 is 0 Å². The molecule has 1 aliphatic heterocycles. The lowest BCUT2D eigenvalue weighted by Crippen LogP contribution is -2.45. The van der Waals surface area contributed by atoms with Crippen LogP contribution in [0.15, 0.2) is 64.9 Å². The number of aromatic nitrogens is 1. The Morgan fingerprint density at radius 1 is 1.14 bits per heavy atom. The Morgan fingerprint density at radius 2 is 1.88 bits per heavy atom. The van der Waals surface area contributed by atoms with E-state index in [1.54, 1.807) is 43.5 Å². The number of methoxy groups -OCH3 is 1. The summed E-state index contributed by atoms with van der Waals surface area (Å²) in [5.74, 6) is -0.152. The van der Waals surface area contributed by atoms with Crippen molar-refractivity contribution in [2.75, 3.05) is 20.3 Å². The van der Waals surface area contributed by atoms with E-state index < -0.39 is 24.3 Å². The molecule has 2 amide bonds. The molecular weight excluding hydrogens is 545 g/mol. The van der Waals surface area contributed by atoms with Crippen LogP contribution in [0.1, 0.15) is 42.4 Å². The number of rotatable bonds is 11. The number of hydrazone groups is 1. The minimum absolute atomic E-state index is 0.151. The van der Waals surface area contributed by atoms with Crippen LogP contribution < -0.4 is 25.5 Å². The monoisotopic (exact) mass is 579 g/mol. The van der Waals surface area contributed by atoms with Crippen LogP contribution in [-0.4, -0.2) is 54.4 Å². The summed E-state index contributed by atoms with van der Waals surface area (Å²) in [6.07, 6.45) is 0.449. The number of carbonyl (C=O) groups is 2. The predicted molar refractivity (Wildman–Crippen MR) is 154 cm³/mol. The molecule has 222 valence electrons. The molecule has 3 aromatic rings. The molecule has 12 heteroatoms. The highest BCUT2D eigenvalue weighted by Gasteiger charge is 2.32. The number of amides is 2. The number of urea groups is 1. The number of aliphatic hydroxyl groups is 1. The van der Waals surface area contributed by atoms with Crippen LogP contribution in [0.2, 0.25) is 0 Å². The van der Waals surface area contributed by atoms with Crippen LogP contribution in [0.4, 0.5) is 9.18 Å². The average Bonchev–Trinajstić information content (AvgIpc) is 3.24. The first-order chi connectivity index (χ1) is 20.1. The van der Waals surface area contributed by atoms with Gasteiger partial charge in [0.1, 0.15) is 12.4 Å². The molecule has 0 spiro atoms. The lowest BCUT2D eigenvalue weighted by Gasteiger charge is -2.28. The van der Waals surface area contributed by atoms with E-state index in [2.05, 4.69) is 21.2 Å². The third-order valence-electron chi connectivity index (χ3n) is 6.65. The van der Waals surface area contributed by atoms with Crippen molar-refractivity contribution in [1.29, 1.82) is 0 Å². The quantitative estimate of drug-likeness (QED) is 0.118. The summed E-state index contributed by atoms with van der Waals surface area (Å²) < 4.78 is 31.8. The van der Waals surface area contributed by atoms with Gasteiger partial charge in [-0.15, -0.1) is 0 Å². The maximum atomic E-state index is 13.3. The van der Waals surface area contributed by atoms with Crippen LogP contribution in [0, 0.1) is 19.7 Å². The highest BCUT2D eigenvalue weighted by molar-refractivity contribution is 5.95. The summed E-state index contributed by atoms with van der Waals surface area (Å²) in [5, 5.41) is 19.9. The summed E-state index contributed by atoms with van der Waals surface area (Å²) in [6.45, 7) is 7.49. The number of benzene rings is 2. The molecule has 0 fully saturated rings. The molecule has 0 unspecified atom stereocenters.